The van der Waals surface area contributed by atoms with Crippen molar-refractivity contribution in [2.24, 2.45) is 0 Å². The molecule has 1 saturated carbocycles. The number of benzene rings is 1. The Labute approximate surface area is 214 Å². The molecule has 0 radical (unpaired) electrons. The monoisotopic (exact) mass is 528 g/mol. The lowest BCUT2D eigenvalue weighted by Gasteiger charge is -2.33. The molecule has 38 heavy (non-hydrogen) atoms. The number of nitrogens with zero attached hydrogens (tertiary/aromatic N) is 5. The molecule has 1 N–H and O–H groups in total. The van der Waals surface area contributed by atoms with Gasteiger partial charge in [-0.05, 0) is 49.9 Å². The summed E-state index contributed by atoms with van der Waals surface area (Å²) in [6, 6.07) is 4.99. The van der Waals surface area contributed by atoms with E-state index in [9.17, 15) is 27.6 Å². The Kier molecular flexibility index (Phi) is 6.59. The maximum atomic E-state index is 13.1. The van der Waals surface area contributed by atoms with Gasteiger partial charge in [0.15, 0.2) is 0 Å². The van der Waals surface area contributed by atoms with Crippen molar-refractivity contribution in [1.29, 1.82) is 0 Å². The van der Waals surface area contributed by atoms with E-state index in [4.69, 9.17) is 4.74 Å². The number of imide groups is 1. The van der Waals surface area contributed by atoms with E-state index in [2.05, 4.69) is 20.3 Å². The van der Waals surface area contributed by atoms with Gasteiger partial charge in [-0.1, -0.05) is 0 Å². The molecule has 5 rings (SSSR count). The van der Waals surface area contributed by atoms with Crippen LogP contribution in [0.25, 0.3) is 10.9 Å². The quantitative estimate of drug-likeness (QED) is 0.494. The summed E-state index contributed by atoms with van der Waals surface area (Å²) in [6.45, 7) is 1.07. The molecule has 10 nitrogen and oxygen atoms in total. The second-order valence-electron chi connectivity index (χ2n) is 9.20. The number of urea groups is 1. The average molecular weight is 528 g/mol. The Morgan fingerprint density at radius 2 is 1.84 bits per heavy atom. The van der Waals surface area contributed by atoms with Crippen LogP contribution in [-0.2, 0) is 15.8 Å². The van der Waals surface area contributed by atoms with Crippen molar-refractivity contribution in [1.82, 2.24) is 19.9 Å². The molecule has 198 valence electrons. The number of rotatable bonds is 5. The number of hydrogen-bond acceptors (Lipinski definition) is 7. The predicted octanol–water partition coefficient (Wildman–Crippen LogP) is 4.16. The van der Waals surface area contributed by atoms with E-state index in [1.54, 1.807) is 18.2 Å². The predicted molar refractivity (Wildman–Crippen MR) is 129 cm³/mol. The number of hydrogen-bond donors (Lipinski definition) is 1. The molecule has 2 fully saturated rings. The minimum absolute atomic E-state index is 0.0741. The first kappa shape index (κ1) is 25.4. The van der Waals surface area contributed by atoms with Crippen LogP contribution in [0, 0.1) is 0 Å². The number of anilines is 2. The van der Waals surface area contributed by atoms with Crippen molar-refractivity contribution in [3.63, 3.8) is 0 Å². The lowest BCUT2D eigenvalue weighted by atomic mass is 9.92. The average Bonchev–Trinajstić information content (AvgIpc) is 3.17. The molecular weight excluding hydrogens is 505 g/mol. The number of carbonyl (C=O) groups excluding carboxylic acids is 3. The van der Waals surface area contributed by atoms with Gasteiger partial charge in [-0.3, -0.25) is 24.4 Å². The van der Waals surface area contributed by atoms with Crippen LogP contribution in [0.2, 0.25) is 0 Å². The third-order valence-corrected chi connectivity index (χ3v) is 6.57. The van der Waals surface area contributed by atoms with Crippen LogP contribution in [0.1, 0.15) is 38.2 Å². The molecule has 1 aliphatic heterocycles. The van der Waals surface area contributed by atoms with Gasteiger partial charge in [0.25, 0.3) is 5.91 Å². The molecule has 13 heteroatoms. The van der Waals surface area contributed by atoms with Crippen LogP contribution >= 0.6 is 0 Å². The van der Waals surface area contributed by atoms with Gasteiger partial charge in [-0.25, -0.2) is 14.8 Å². The van der Waals surface area contributed by atoms with E-state index in [0.29, 0.717) is 54.4 Å². The summed E-state index contributed by atoms with van der Waals surface area (Å²) >= 11 is 0. The topological polar surface area (TPSA) is 118 Å². The molecule has 2 aliphatic rings. The van der Waals surface area contributed by atoms with E-state index in [0.717, 1.165) is 22.1 Å². The van der Waals surface area contributed by atoms with Gasteiger partial charge in [0.1, 0.15) is 19.0 Å². The van der Waals surface area contributed by atoms with Crippen molar-refractivity contribution in [3.05, 3.63) is 48.5 Å². The third kappa shape index (κ3) is 5.08. The van der Waals surface area contributed by atoms with Crippen molar-refractivity contribution in [2.45, 2.75) is 50.9 Å². The lowest BCUT2D eigenvalue weighted by molar-refractivity contribution is -0.137. The summed E-state index contributed by atoms with van der Waals surface area (Å²) in [7, 11) is 0. The molecular formula is C25H23F3N6O4. The number of amides is 4. The molecule has 1 saturated heterocycles. The highest BCUT2D eigenvalue weighted by molar-refractivity contribution is 6.12. The number of pyridine rings is 1. The highest BCUT2D eigenvalue weighted by Gasteiger charge is 2.43. The Morgan fingerprint density at radius 3 is 2.55 bits per heavy atom. The van der Waals surface area contributed by atoms with Gasteiger partial charge in [0.2, 0.25) is 11.8 Å². The van der Waals surface area contributed by atoms with Crippen LogP contribution < -0.4 is 15.0 Å². The number of ether oxygens (including phenoxy) is 1. The minimum atomic E-state index is -4.61. The smallest absolute Gasteiger partial charge is 0.417 e. The second-order valence-corrected chi connectivity index (χ2v) is 9.20. The fourth-order valence-corrected chi connectivity index (χ4v) is 4.79. The molecule has 0 unspecified atom stereocenters. The Balaban J connectivity index is 1.24. The van der Waals surface area contributed by atoms with Gasteiger partial charge >= 0.3 is 12.2 Å². The summed E-state index contributed by atoms with van der Waals surface area (Å²) in [5.74, 6) is -0.269. The normalized spacial score (nSPS) is 20.2. The van der Waals surface area contributed by atoms with E-state index >= 15 is 0 Å². The standard InChI is InChI=1S/C25H23F3N6O4/c1-14(35)32-16-2-7-20-21(9-16)30-13-31-23(20)38-19-5-3-17(4-6-19)34-22(36)12-33(24(34)37)18-8-15(10-29-11-18)25(26,27)28/h2,7-11,13,17,19H,3-6,12H2,1H3,(H,32,35)/t17-,19-. The van der Waals surface area contributed by atoms with E-state index in [1.807, 2.05) is 0 Å². The largest absolute Gasteiger partial charge is 0.474 e. The van der Waals surface area contributed by atoms with Crippen LogP contribution in [0.3, 0.4) is 0 Å². The molecule has 0 spiro atoms. The molecule has 0 bridgehead atoms. The molecule has 0 atom stereocenters. The summed E-state index contributed by atoms with van der Waals surface area (Å²) in [4.78, 5) is 51.3. The van der Waals surface area contributed by atoms with Crippen molar-refractivity contribution in [2.75, 3.05) is 16.8 Å². The zero-order chi connectivity index (χ0) is 27.0. The maximum absolute atomic E-state index is 13.1. The molecule has 3 aromatic rings. The van der Waals surface area contributed by atoms with E-state index in [1.165, 1.54) is 13.3 Å². The first-order valence-corrected chi connectivity index (χ1v) is 11.9. The zero-order valence-electron chi connectivity index (χ0n) is 20.2. The zero-order valence-corrected chi connectivity index (χ0v) is 20.2. The van der Waals surface area contributed by atoms with Gasteiger partial charge in [-0.15, -0.1) is 0 Å². The Morgan fingerprint density at radius 1 is 1.08 bits per heavy atom. The fourth-order valence-electron chi connectivity index (χ4n) is 4.79. The first-order valence-electron chi connectivity index (χ1n) is 11.9. The molecule has 4 amide bonds. The number of fused-ring (bicyclic) bond motifs is 1. The van der Waals surface area contributed by atoms with Crippen LogP contribution in [0.5, 0.6) is 5.88 Å². The van der Waals surface area contributed by atoms with Crippen molar-refractivity contribution in [3.8, 4) is 5.88 Å². The lowest BCUT2D eigenvalue weighted by Crippen LogP contribution is -2.44. The van der Waals surface area contributed by atoms with E-state index < -0.39 is 23.7 Å². The molecule has 3 heterocycles. The maximum Gasteiger partial charge on any atom is 0.417 e. The Bertz CT molecular complexity index is 1410. The first-order chi connectivity index (χ1) is 18.1. The minimum Gasteiger partial charge on any atom is -0.474 e. The summed E-state index contributed by atoms with van der Waals surface area (Å²) in [5.41, 5.74) is 0.141. The van der Waals surface area contributed by atoms with Gasteiger partial charge in [-0.2, -0.15) is 13.2 Å². The second kappa shape index (κ2) is 9.88. The number of aromatic nitrogens is 3. The van der Waals surface area contributed by atoms with Crippen LogP contribution in [0.4, 0.5) is 29.3 Å². The summed E-state index contributed by atoms with van der Waals surface area (Å²) in [6.07, 6.45) is 0.406. The number of alkyl halides is 3. The highest BCUT2D eigenvalue weighted by atomic mass is 19.4. The van der Waals surface area contributed by atoms with Crippen molar-refractivity contribution >= 4 is 40.1 Å². The van der Waals surface area contributed by atoms with Gasteiger partial charge in [0, 0.05) is 24.8 Å². The van der Waals surface area contributed by atoms with Gasteiger partial charge in [0.05, 0.1) is 28.4 Å². The number of nitrogens with one attached hydrogen (secondary N) is 1. The van der Waals surface area contributed by atoms with Crippen LogP contribution in [-0.4, -0.2) is 56.4 Å². The molecule has 1 aliphatic carbocycles. The number of halogens is 3. The van der Waals surface area contributed by atoms with Gasteiger partial charge < -0.3 is 10.1 Å². The van der Waals surface area contributed by atoms with E-state index in [-0.39, 0.29) is 30.3 Å². The summed E-state index contributed by atoms with van der Waals surface area (Å²) < 4.78 is 45.4. The number of carbonyl (C=O) groups is 3. The van der Waals surface area contributed by atoms with Crippen molar-refractivity contribution < 1.29 is 32.3 Å². The SMILES string of the molecule is CC(=O)Nc1ccc2c(O[C@H]3CC[C@H](N4C(=O)CN(c5cncc(C(F)(F)F)c5)C4=O)CC3)ncnc2c1. The fraction of sp³-hybridized carbons (Fsp3) is 0.360. The third-order valence-electron chi connectivity index (χ3n) is 6.57. The Hall–Kier alpha value is -4.29. The summed E-state index contributed by atoms with van der Waals surface area (Å²) in [5, 5.41) is 3.38. The van der Waals surface area contributed by atoms with Crippen LogP contribution in [0.15, 0.2) is 43.0 Å². The molecule has 1 aromatic carbocycles. The highest BCUT2D eigenvalue weighted by Crippen LogP contribution is 2.34. The molecule has 2 aromatic heterocycles.